The molecule has 2 N–H and O–H groups in total. The van der Waals surface area contributed by atoms with E-state index in [4.69, 9.17) is 0 Å². The number of hydrogen-bond donors (Lipinski definition) is 2. The fourth-order valence-corrected chi connectivity index (χ4v) is 4.27. The van der Waals surface area contributed by atoms with Crippen LogP contribution in [0.2, 0.25) is 0 Å². The van der Waals surface area contributed by atoms with Gasteiger partial charge in [0.2, 0.25) is 0 Å². The summed E-state index contributed by atoms with van der Waals surface area (Å²) >= 11 is 3.09. The zero-order valence-electron chi connectivity index (χ0n) is 11.7. The zero-order chi connectivity index (χ0) is 14.7. The van der Waals surface area contributed by atoms with Gasteiger partial charge in [0.05, 0.1) is 12.1 Å². The summed E-state index contributed by atoms with van der Waals surface area (Å²) in [5, 5.41) is 19.4. The Morgan fingerprint density at radius 3 is 2.81 bits per heavy atom. The fourth-order valence-electron chi connectivity index (χ4n) is 2.75. The summed E-state index contributed by atoms with van der Waals surface area (Å²) in [5.74, 6) is -0.177. The van der Waals surface area contributed by atoms with Gasteiger partial charge in [-0.05, 0) is 24.3 Å². The first-order chi connectivity index (χ1) is 10.2. The van der Waals surface area contributed by atoms with Crippen molar-refractivity contribution in [3.63, 3.8) is 0 Å². The van der Waals surface area contributed by atoms with Crippen LogP contribution in [0.15, 0.2) is 22.2 Å². The molecule has 0 unspecified atom stereocenters. The van der Waals surface area contributed by atoms with Crippen LogP contribution in [0.4, 0.5) is 0 Å². The third kappa shape index (κ3) is 3.17. The molecule has 112 valence electrons. The van der Waals surface area contributed by atoms with Gasteiger partial charge < -0.3 is 10.4 Å². The van der Waals surface area contributed by atoms with Crippen LogP contribution in [-0.2, 0) is 0 Å². The highest BCUT2D eigenvalue weighted by atomic mass is 32.1. The standard InChI is InChI=1S/C15H18N2O2S2/c18-10-15(5-2-1-3-6-15)17-13(19)12-9-21-14(16-12)11-4-7-20-8-11/h4,7-9,18H,1-3,5-6,10H2,(H,17,19). The molecule has 2 aromatic heterocycles. The third-order valence-corrected chi connectivity index (χ3v) is 5.57. The lowest BCUT2D eigenvalue weighted by molar-refractivity contribution is 0.0754. The van der Waals surface area contributed by atoms with Gasteiger partial charge in [-0.25, -0.2) is 4.98 Å². The normalized spacial score (nSPS) is 17.6. The van der Waals surface area contributed by atoms with E-state index in [1.165, 1.54) is 17.8 Å². The Morgan fingerprint density at radius 2 is 2.14 bits per heavy atom. The first-order valence-electron chi connectivity index (χ1n) is 7.14. The number of carbonyl (C=O) groups is 1. The van der Waals surface area contributed by atoms with Gasteiger partial charge in [0.1, 0.15) is 10.7 Å². The molecule has 2 aromatic rings. The van der Waals surface area contributed by atoms with Gasteiger partial charge in [0.25, 0.3) is 5.91 Å². The van der Waals surface area contributed by atoms with Gasteiger partial charge >= 0.3 is 0 Å². The molecule has 1 amide bonds. The van der Waals surface area contributed by atoms with Gasteiger partial charge in [-0.1, -0.05) is 19.3 Å². The van der Waals surface area contributed by atoms with E-state index in [-0.39, 0.29) is 12.5 Å². The van der Waals surface area contributed by atoms with Gasteiger partial charge in [0, 0.05) is 16.3 Å². The van der Waals surface area contributed by atoms with E-state index >= 15 is 0 Å². The average molecular weight is 322 g/mol. The SMILES string of the molecule is O=C(NC1(CO)CCCCC1)c1csc(-c2ccsc2)n1. The number of thiophene rings is 1. The van der Waals surface area contributed by atoms with Crippen LogP contribution in [-0.4, -0.2) is 28.1 Å². The second-order valence-electron chi connectivity index (χ2n) is 5.50. The third-order valence-electron chi connectivity index (χ3n) is 4.00. The number of rotatable bonds is 4. The topological polar surface area (TPSA) is 62.2 Å². The maximum Gasteiger partial charge on any atom is 0.271 e. The van der Waals surface area contributed by atoms with E-state index in [0.717, 1.165) is 36.3 Å². The van der Waals surface area contributed by atoms with E-state index in [1.54, 1.807) is 16.7 Å². The highest BCUT2D eigenvalue weighted by molar-refractivity contribution is 7.14. The Hall–Kier alpha value is -1.24. The molecule has 1 aliphatic carbocycles. The highest BCUT2D eigenvalue weighted by Gasteiger charge is 2.33. The van der Waals surface area contributed by atoms with E-state index in [9.17, 15) is 9.90 Å². The lowest BCUT2D eigenvalue weighted by Gasteiger charge is -2.36. The molecule has 1 fully saturated rings. The van der Waals surface area contributed by atoms with Crippen molar-refractivity contribution >= 4 is 28.6 Å². The number of aliphatic hydroxyl groups is 1. The number of aliphatic hydroxyl groups excluding tert-OH is 1. The Morgan fingerprint density at radius 1 is 1.33 bits per heavy atom. The molecular weight excluding hydrogens is 304 g/mol. The number of nitrogens with one attached hydrogen (secondary N) is 1. The van der Waals surface area contributed by atoms with E-state index in [0.29, 0.717) is 5.69 Å². The van der Waals surface area contributed by atoms with Crippen LogP contribution in [0, 0.1) is 0 Å². The molecule has 0 aliphatic heterocycles. The van der Waals surface area contributed by atoms with Crippen molar-refractivity contribution in [3.8, 4) is 10.6 Å². The molecule has 3 rings (SSSR count). The Bertz CT molecular complexity index is 601. The van der Waals surface area contributed by atoms with Gasteiger partial charge in [-0.2, -0.15) is 11.3 Å². The lowest BCUT2D eigenvalue weighted by atomic mass is 9.82. The molecule has 1 aliphatic rings. The Kier molecular flexibility index (Phi) is 4.37. The summed E-state index contributed by atoms with van der Waals surface area (Å²) in [7, 11) is 0. The minimum Gasteiger partial charge on any atom is -0.394 e. The van der Waals surface area contributed by atoms with Crippen molar-refractivity contribution in [2.45, 2.75) is 37.6 Å². The molecule has 0 bridgehead atoms. The number of amides is 1. The number of thiazole rings is 1. The molecule has 0 radical (unpaired) electrons. The number of nitrogens with zero attached hydrogens (tertiary/aromatic N) is 1. The van der Waals surface area contributed by atoms with Crippen molar-refractivity contribution in [3.05, 3.63) is 27.9 Å². The van der Waals surface area contributed by atoms with E-state index in [2.05, 4.69) is 10.3 Å². The van der Waals surface area contributed by atoms with Crippen LogP contribution in [0.3, 0.4) is 0 Å². The molecular formula is C15H18N2O2S2. The number of carbonyl (C=O) groups excluding carboxylic acids is 1. The van der Waals surface area contributed by atoms with Crippen molar-refractivity contribution in [1.82, 2.24) is 10.3 Å². The van der Waals surface area contributed by atoms with Crippen LogP contribution in [0.5, 0.6) is 0 Å². The molecule has 0 saturated heterocycles. The smallest absolute Gasteiger partial charge is 0.271 e. The molecule has 4 nitrogen and oxygen atoms in total. The maximum atomic E-state index is 12.4. The fraction of sp³-hybridized carbons (Fsp3) is 0.467. The maximum absolute atomic E-state index is 12.4. The second-order valence-corrected chi connectivity index (χ2v) is 7.14. The predicted octanol–water partition coefficient (Wildman–Crippen LogP) is 3.30. The molecule has 21 heavy (non-hydrogen) atoms. The predicted molar refractivity (Wildman–Crippen MR) is 85.8 cm³/mol. The number of hydrogen-bond acceptors (Lipinski definition) is 5. The Labute approximate surface area is 131 Å². The van der Waals surface area contributed by atoms with E-state index in [1.807, 2.05) is 16.8 Å². The monoisotopic (exact) mass is 322 g/mol. The summed E-state index contributed by atoms with van der Waals surface area (Å²) in [6.45, 7) is 0.000263. The van der Waals surface area contributed by atoms with Crippen LogP contribution < -0.4 is 5.32 Å². The number of aromatic nitrogens is 1. The second kappa shape index (κ2) is 6.25. The van der Waals surface area contributed by atoms with E-state index < -0.39 is 5.54 Å². The average Bonchev–Trinajstić information content (AvgIpc) is 3.19. The molecule has 6 heteroatoms. The highest BCUT2D eigenvalue weighted by Crippen LogP contribution is 2.29. The minimum absolute atomic E-state index is 0.000263. The first-order valence-corrected chi connectivity index (χ1v) is 8.96. The van der Waals surface area contributed by atoms with Crippen LogP contribution >= 0.6 is 22.7 Å². The summed E-state index contributed by atoms with van der Waals surface area (Å²) < 4.78 is 0. The minimum atomic E-state index is -0.457. The molecule has 0 aromatic carbocycles. The molecule has 0 spiro atoms. The summed E-state index contributed by atoms with van der Waals surface area (Å²) in [4.78, 5) is 16.8. The molecule has 1 saturated carbocycles. The Balaban J connectivity index is 1.73. The zero-order valence-corrected chi connectivity index (χ0v) is 13.3. The van der Waals surface area contributed by atoms with Gasteiger partial charge in [0.15, 0.2) is 0 Å². The lowest BCUT2D eigenvalue weighted by Crippen LogP contribution is -2.52. The molecule has 2 heterocycles. The van der Waals surface area contributed by atoms with Crippen molar-refractivity contribution in [2.24, 2.45) is 0 Å². The summed E-state index contributed by atoms with van der Waals surface area (Å²) in [6.07, 6.45) is 4.97. The molecule has 0 atom stereocenters. The van der Waals surface area contributed by atoms with Crippen molar-refractivity contribution in [1.29, 1.82) is 0 Å². The van der Waals surface area contributed by atoms with Crippen molar-refractivity contribution in [2.75, 3.05) is 6.61 Å². The van der Waals surface area contributed by atoms with Gasteiger partial charge in [-0.3, -0.25) is 4.79 Å². The quantitative estimate of drug-likeness (QED) is 0.908. The largest absolute Gasteiger partial charge is 0.394 e. The van der Waals surface area contributed by atoms with Crippen molar-refractivity contribution < 1.29 is 9.90 Å². The van der Waals surface area contributed by atoms with Gasteiger partial charge in [-0.15, -0.1) is 11.3 Å². The summed E-state index contributed by atoms with van der Waals surface area (Å²) in [6, 6.07) is 2.00. The van der Waals surface area contributed by atoms with Crippen LogP contribution in [0.25, 0.3) is 10.6 Å². The van der Waals surface area contributed by atoms with Crippen LogP contribution in [0.1, 0.15) is 42.6 Å². The summed E-state index contributed by atoms with van der Waals surface area (Å²) in [5.41, 5.74) is 1.04. The first kappa shape index (κ1) is 14.7.